The molecule has 0 aliphatic carbocycles. The monoisotopic (exact) mass is 196 g/mol. The molecule has 14 heavy (non-hydrogen) atoms. The summed E-state index contributed by atoms with van der Waals surface area (Å²) in [5, 5.41) is 18.2. The highest BCUT2D eigenvalue weighted by atomic mass is 16.5. The van der Waals surface area contributed by atoms with Crippen molar-refractivity contribution >= 4 is 5.97 Å². The SMILES string of the molecule is CCCC(=O)Oc1cc(O)cc(O)c1. The quantitative estimate of drug-likeness (QED) is 0.571. The number of phenolic OH excluding ortho intramolecular Hbond substituents is 2. The van der Waals surface area contributed by atoms with Crippen LogP contribution >= 0.6 is 0 Å². The number of esters is 1. The third kappa shape index (κ3) is 2.97. The van der Waals surface area contributed by atoms with Gasteiger partial charge in [-0.1, -0.05) is 6.92 Å². The Morgan fingerprint density at radius 1 is 1.29 bits per heavy atom. The molecule has 0 fully saturated rings. The van der Waals surface area contributed by atoms with Gasteiger partial charge >= 0.3 is 5.97 Å². The number of aromatic hydroxyl groups is 2. The van der Waals surface area contributed by atoms with Crippen molar-refractivity contribution < 1.29 is 19.7 Å². The summed E-state index contributed by atoms with van der Waals surface area (Å²) in [4.78, 5) is 11.0. The van der Waals surface area contributed by atoms with Crippen LogP contribution in [0.15, 0.2) is 18.2 Å². The molecule has 0 aliphatic rings. The van der Waals surface area contributed by atoms with Crippen molar-refractivity contribution in [2.24, 2.45) is 0 Å². The van der Waals surface area contributed by atoms with Crippen LogP contribution in [0.25, 0.3) is 0 Å². The molecule has 0 saturated heterocycles. The van der Waals surface area contributed by atoms with Gasteiger partial charge in [-0.15, -0.1) is 0 Å². The topological polar surface area (TPSA) is 66.8 Å². The number of carbonyl (C=O) groups excluding carboxylic acids is 1. The molecular weight excluding hydrogens is 184 g/mol. The summed E-state index contributed by atoms with van der Waals surface area (Å²) in [7, 11) is 0. The predicted molar refractivity (Wildman–Crippen MR) is 50.3 cm³/mol. The van der Waals surface area contributed by atoms with Crippen LogP contribution in [-0.4, -0.2) is 16.2 Å². The van der Waals surface area contributed by atoms with Gasteiger partial charge in [0.15, 0.2) is 0 Å². The first-order valence-electron chi connectivity index (χ1n) is 4.35. The Bertz CT molecular complexity index is 313. The molecule has 0 aliphatic heterocycles. The second-order valence-electron chi connectivity index (χ2n) is 2.91. The number of phenols is 2. The Balaban J connectivity index is 2.71. The van der Waals surface area contributed by atoms with Crippen LogP contribution in [0.3, 0.4) is 0 Å². The molecule has 4 nitrogen and oxygen atoms in total. The van der Waals surface area contributed by atoms with Gasteiger partial charge in [-0.2, -0.15) is 0 Å². The van der Waals surface area contributed by atoms with Crippen molar-refractivity contribution in [2.45, 2.75) is 19.8 Å². The maximum Gasteiger partial charge on any atom is 0.311 e. The van der Waals surface area contributed by atoms with Crippen LogP contribution in [0.5, 0.6) is 17.2 Å². The third-order valence-corrected chi connectivity index (χ3v) is 1.56. The summed E-state index contributed by atoms with van der Waals surface area (Å²) >= 11 is 0. The molecule has 0 heterocycles. The van der Waals surface area contributed by atoms with E-state index in [1.807, 2.05) is 6.92 Å². The molecule has 1 aromatic rings. The van der Waals surface area contributed by atoms with E-state index in [0.717, 1.165) is 6.07 Å². The van der Waals surface area contributed by atoms with E-state index in [2.05, 4.69) is 0 Å². The van der Waals surface area contributed by atoms with Crippen LogP contribution < -0.4 is 4.74 Å². The Labute approximate surface area is 81.8 Å². The predicted octanol–water partition coefficient (Wildman–Crippen LogP) is 1.80. The first-order valence-corrected chi connectivity index (χ1v) is 4.35. The zero-order valence-electron chi connectivity index (χ0n) is 7.86. The second kappa shape index (κ2) is 4.50. The Morgan fingerprint density at radius 2 is 1.86 bits per heavy atom. The van der Waals surface area contributed by atoms with Gasteiger partial charge in [0.2, 0.25) is 0 Å². The summed E-state index contributed by atoms with van der Waals surface area (Å²) < 4.78 is 4.86. The van der Waals surface area contributed by atoms with Gasteiger partial charge in [-0.05, 0) is 6.42 Å². The Kier molecular flexibility index (Phi) is 3.34. The summed E-state index contributed by atoms with van der Waals surface area (Å²) in [5.74, 6) is -0.493. The van der Waals surface area contributed by atoms with Crippen LogP contribution in [-0.2, 0) is 4.79 Å². The molecule has 2 N–H and O–H groups in total. The maximum atomic E-state index is 11.0. The number of rotatable bonds is 3. The normalized spacial score (nSPS) is 9.79. The van der Waals surface area contributed by atoms with Crippen molar-refractivity contribution in [1.29, 1.82) is 0 Å². The van der Waals surface area contributed by atoms with Crippen LogP contribution in [0.2, 0.25) is 0 Å². The molecule has 4 heteroatoms. The first kappa shape index (κ1) is 10.4. The molecule has 0 amide bonds. The van der Waals surface area contributed by atoms with E-state index in [4.69, 9.17) is 14.9 Å². The fraction of sp³-hybridized carbons (Fsp3) is 0.300. The molecule has 0 spiro atoms. The van der Waals surface area contributed by atoms with E-state index in [0.29, 0.717) is 12.8 Å². The van der Waals surface area contributed by atoms with Crippen molar-refractivity contribution in [1.82, 2.24) is 0 Å². The Hall–Kier alpha value is -1.71. The lowest BCUT2D eigenvalue weighted by Gasteiger charge is -2.04. The van der Waals surface area contributed by atoms with E-state index < -0.39 is 0 Å². The van der Waals surface area contributed by atoms with Crippen molar-refractivity contribution in [2.75, 3.05) is 0 Å². The second-order valence-corrected chi connectivity index (χ2v) is 2.91. The van der Waals surface area contributed by atoms with Crippen LogP contribution in [0.1, 0.15) is 19.8 Å². The number of benzene rings is 1. The minimum Gasteiger partial charge on any atom is -0.508 e. The van der Waals surface area contributed by atoms with E-state index in [1.165, 1.54) is 12.1 Å². The highest BCUT2D eigenvalue weighted by Crippen LogP contribution is 2.25. The average Bonchev–Trinajstić information content (AvgIpc) is 2.01. The van der Waals surface area contributed by atoms with Crippen molar-refractivity contribution in [3.63, 3.8) is 0 Å². The van der Waals surface area contributed by atoms with Crippen LogP contribution in [0.4, 0.5) is 0 Å². The summed E-state index contributed by atoms with van der Waals surface area (Å²) in [5.41, 5.74) is 0. The molecule has 76 valence electrons. The minimum absolute atomic E-state index is 0.135. The van der Waals surface area contributed by atoms with E-state index in [9.17, 15) is 4.79 Å². The molecule has 0 bridgehead atoms. The Morgan fingerprint density at radius 3 is 2.36 bits per heavy atom. The lowest BCUT2D eigenvalue weighted by molar-refractivity contribution is -0.134. The molecule has 0 unspecified atom stereocenters. The molecule has 0 radical (unpaired) electrons. The molecule has 1 aromatic carbocycles. The molecule has 0 aromatic heterocycles. The number of hydrogen-bond acceptors (Lipinski definition) is 4. The minimum atomic E-state index is -0.377. The van der Waals surface area contributed by atoms with Crippen molar-refractivity contribution in [3.05, 3.63) is 18.2 Å². The lowest BCUT2D eigenvalue weighted by Crippen LogP contribution is -2.06. The molecule has 1 rings (SSSR count). The van der Waals surface area contributed by atoms with Gasteiger partial charge in [-0.25, -0.2) is 0 Å². The van der Waals surface area contributed by atoms with E-state index in [-0.39, 0.29) is 23.2 Å². The van der Waals surface area contributed by atoms with Crippen LogP contribution in [0, 0.1) is 0 Å². The average molecular weight is 196 g/mol. The largest absolute Gasteiger partial charge is 0.508 e. The summed E-state index contributed by atoms with van der Waals surface area (Å²) in [6, 6.07) is 3.71. The molecule has 0 atom stereocenters. The fourth-order valence-electron chi connectivity index (χ4n) is 1.01. The number of hydrogen-bond donors (Lipinski definition) is 2. The van der Waals surface area contributed by atoms with Gasteiger partial charge in [0, 0.05) is 24.6 Å². The zero-order chi connectivity index (χ0) is 10.6. The van der Waals surface area contributed by atoms with Gasteiger partial charge in [0.1, 0.15) is 17.2 Å². The maximum absolute atomic E-state index is 11.0. The standard InChI is InChI=1S/C10H12O4/c1-2-3-10(13)14-9-5-7(11)4-8(12)6-9/h4-6,11-12H,2-3H2,1H3. The van der Waals surface area contributed by atoms with E-state index >= 15 is 0 Å². The zero-order valence-corrected chi connectivity index (χ0v) is 7.86. The van der Waals surface area contributed by atoms with Gasteiger partial charge in [0.05, 0.1) is 0 Å². The van der Waals surface area contributed by atoms with Gasteiger partial charge in [0.25, 0.3) is 0 Å². The lowest BCUT2D eigenvalue weighted by atomic mass is 10.3. The fourth-order valence-corrected chi connectivity index (χ4v) is 1.01. The number of ether oxygens (including phenoxy) is 1. The summed E-state index contributed by atoms with van der Waals surface area (Å²) in [6.45, 7) is 1.86. The third-order valence-electron chi connectivity index (χ3n) is 1.56. The number of carbonyl (C=O) groups is 1. The van der Waals surface area contributed by atoms with E-state index in [1.54, 1.807) is 0 Å². The first-order chi connectivity index (χ1) is 6.61. The van der Waals surface area contributed by atoms with Crippen molar-refractivity contribution in [3.8, 4) is 17.2 Å². The van der Waals surface area contributed by atoms with Gasteiger partial charge < -0.3 is 14.9 Å². The smallest absolute Gasteiger partial charge is 0.311 e. The van der Waals surface area contributed by atoms with Gasteiger partial charge in [-0.3, -0.25) is 4.79 Å². The summed E-state index contributed by atoms with van der Waals surface area (Å²) in [6.07, 6.45) is 1.01. The molecular formula is C10H12O4. The highest BCUT2D eigenvalue weighted by Gasteiger charge is 2.05. The highest BCUT2D eigenvalue weighted by molar-refractivity contribution is 5.72. The molecule has 0 saturated carbocycles.